The van der Waals surface area contributed by atoms with Crippen molar-refractivity contribution in [2.75, 3.05) is 50.0 Å². The first-order chi connectivity index (χ1) is 26.3. The van der Waals surface area contributed by atoms with E-state index in [9.17, 15) is 14.4 Å². The molecule has 0 bridgehead atoms. The van der Waals surface area contributed by atoms with Crippen LogP contribution in [0.4, 0.5) is 37.2 Å². The van der Waals surface area contributed by atoms with Crippen LogP contribution in [0.15, 0.2) is 36.9 Å². The highest BCUT2D eigenvalue weighted by molar-refractivity contribution is 7.23. The summed E-state index contributed by atoms with van der Waals surface area (Å²) >= 11 is 0.673. The van der Waals surface area contributed by atoms with E-state index in [1.54, 1.807) is 16.7 Å². The molecule has 0 spiro atoms. The van der Waals surface area contributed by atoms with Crippen LogP contribution in [0.25, 0.3) is 32.1 Å². The Morgan fingerprint density at radius 1 is 1.18 bits per heavy atom. The van der Waals surface area contributed by atoms with Gasteiger partial charge in [-0.05, 0) is 50.4 Å². The summed E-state index contributed by atoms with van der Waals surface area (Å²) in [6.45, 7) is 3.29. The number of hydrogen-bond donors (Lipinski definition) is 1. The summed E-state index contributed by atoms with van der Waals surface area (Å²) in [5, 5.41) is 9.22. The molecule has 0 radical (unpaired) electrons. The number of likely N-dealkylation sites (tertiary alicyclic amines) is 1. The van der Waals surface area contributed by atoms with E-state index in [1.165, 1.54) is 18.7 Å². The molecule has 286 valence electrons. The number of ether oxygens (including phenoxy) is 1. The molecular formula is C37H33F6N9O2S. The number of hydrogen-bond acceptors (Lipinski definition) is 11. The smallest absolute Gasteiger partial charge is 0.417 e. The molecule has 3 fully saturated rings. The van der Waals surface area contributed by atoms with Gasteiger partial charge in [-0.1, -0.05) is 6.07 Å². The number of carbonyl (C=O) groups is 1. The average Bonchev–Trinajstić information content (AvgIpc) is 3.94. The van der Waals surface area contributed by atoms with Crippen LogP contribution in [0.3, 0.4) is 0 Å². The molecule has 2 N–H and O–H groups in total. The topological polar surface area (TPSA) is 137 Å². The minimum absolute atomic E-state index is 0.0389. The van der Waals surface area contributed by atoms with Crippen molar-refractivity contribution in [3.05, 3.63) is 65.2 Å². The van der Waals surface area contributed by atoms with E-state index in [0.29, 0.717) is 37.3 Å². The molecule has 3 unspecified atom stereocenters. The first-order valence-electron chi connectivity index (χ1n) is 17.7. The van der Waals surface area contributed by atoms with Crippen LogP contribution in [0.1, 0.15) is 54.1 Å². The van der Waals surface area contributed by atoms with E-state index < -0.39 is 57.8 Å². The van der Waals surface area contributed by atoms with Gasteiger partial charge in [-0.15, -0.1) is 11.3 Å². The van der Waals surface area contributed by atoms with Crippen LogP contribution in [0, 0.1) is 23.0 Å². The Morgan fingerprint density at radius 3 is 2.69 bits per heavy atom. The Kier molecular flexibility index (Phi) is 9.19. The zero-order valence-corrected chi connectivity index (χ0v) is 30.2. The Labute approximate surface area is 314 Å². The fraction of sp³-hybridized carbons (Fsp3) is 0.405. The number of benzene rings is 2. The first-order valence-corrected chi connectivity index (χ1v) is 18.5. The monoisotopic (exact) mass is 781 g/mol. The lowest BCUT2D eigenvalue weighted by Crippen LogP contribution is -2.43. The molecule has 3 aliphatic rings. The van der Waals surface area contributed by atoms with Gasteiger partial charge >= 0.3 is 12.2 Å². The van der Waals surface area contributed by atoms with Crippen LogP contribution in [0.5, 0.6) is 6.01 Å². The number of nitrogens with two attached hydrogens (primary N) is 1. The van der Waals surface area contributed by atoms with Gasteiger partial charge in [0.25, 0.3) is 5.91 Å². The second kappa shape index (κ2) is 13.8. The first kappa shape index (κ1) is 36.7. The lowest BCUT2D eigenvalue weighted by atomic mass is 9.92. The number of alkyl halides is 4. The molecule has 55 heavy (non-hydrogen) atoms. The van der Waals surface area contributed by atoms with Gasteiger partial charge in [0.15, 0.2) is 5.82 Å². The number of fused-ring (bicyclic) bond motifs is 3. The number of thiophene rings is 1. The summed E-state index contributed by atoms with van der Waals surface area (Å²) in [5.74, 6) is -2.62. The van der Waals surface area contributed by atoms with Gasteiger partial charge in [0, 0.05) is 67.4 Å². The molecule has 3 saturated heterocycles. The maximum atomic E-state index is 17.3. The van der Waals surface area contributed by atoms with Crippen molar-refractivity contribution in [1.82, 2.24) is 29.7 Å². The highest BCUT2D eigenvalue weighted by atomic mass is 32.1. The van der Waals surface area contributed by atoms with Crippen LogP contribution in [-0.2, 0) is 6.18 Å². The number of carbonyl (C=O) groups excluding carboxylic acids is 1. The van der Waals surface area contributed by atoms with Crippen molar-refractivity contribution >= 4 is 49.1 Å². The van der Waals surface area contributed by atoms with Gasteiger partial charge in [-0.25, -0.2) is 23.1 Å². The molecule has 8 rings (SSSR count). The number of nitrogen functional groups attached to an aromatic ring is 1. The predicted octanol–water partition coefficient (Wildman–Crippen LogP) is 6.75. The zero-order chi connectivity index (χ0) is 38.8. The minimum atomic E-state index is -5.15. The molecule has 0 aliphatic carbocycles. The zero-order valence-electron chi connectivity index (χ0n) is 29.3. The summed E-state index contributed by atoms with van der Waals surface area (Å²) in [6.07, 6.45) is -0.0576. The Bertz CT molecular complexity index is 2370. The normalized spacial score (nSPS) is 21.4. The second-order valence-electron chi connectivity index (χ2n) is 14.1. The van der Waals surface area contributed by atoms with Crippen LogP contribution < -0.4 is 15.4 Å². The summed E-state index contributed by atoms with van der Waals surface area (Å²) < 4.78 is 98.4. The van der Waals surface area contributed by atoms with E-state index in [1.807, 2.05) is 11.0 Å². The second-order valence-corrected chi connectivity index (χ2v) is 15.1. The standard InChI is InChI=1S/C37H33F6N9O2S/c1-2-52(21-6-9-50(16-21)34(53)19-13-46-18-47-14-19)33-23-10-25(37(41,42)43)28(22-4-5-26(39)31-27(22)24(12-44)32(45)55-31)29(40)30(23)48-35(49-33)54-17-36-7-3-8-51(36)15-20(38)11-36/h4-5,10,13-14,18,20-21H,2-3,6-9,11,15-17,45H2,1H3. The summed E-state index contributed by atoms with van der Waals surface area (Å²) in [4.78, 5) is 35.4. The number of aromatic nitrogens is 4. The largest absolute Gasteiger partial charge is 0.461 e. The van der Waals surface area contributed by atoms with E-state index in [4.69, 9.17) is 10.5 Å². The van der Waals surface area contributed by atoms with E-state index in [2.05, 4.69) is 19.9 Å². The maximum absolute atomic E-state index is 17.3. The third kappa shape index (κ3) is 6.22. The molecule has 5 aromatic rings. The Balaban J connectivity index is 1.30. The Hall–Kier alpha value is -5.28. The van der Waals surface area contributed by atoms with E-state index in [0.717, 1.165) is 24.6 Å². The molecular weight excluding hydrogens is 749 g/mol. The predicted molar refractivity (Wildman–Crippen MR) is 192 cm³/mol. The molecule has 6 heterocycles. The average molecular weight is 782 g/mol. The number of rotatable bonds is 8. The van der Waals surface area contributed by atoms with E-state index in [-0.39, 0.29) is 82.0 Å². The van der Waals surface area contributed by atoms with E-state index >= 15 is 22.0 Å². The van der Waals surface area contributed by atoms with Gasteiger partial charge in [0.05, 0.1) is 26.9 Å². The number of likely N-dealkylation sites (N-methyl/N-ethyl adjacent to an activating group) is 1. The molecule has 18 heteroatoms. The van der Waals surface area contributed by atoms with Gasteiger partial charge < -0.3 is 20.3 Å². The van der Waals surface area contributed by atoms with Gasteiger partial charge in [0.1, 0.15) is 47.3 Å². The highest BCUT2D eigenvalue weighted by Crippen LogP contribution is 2.48. The molecule has 0 saturated carbocycles. The maximum Gasteiger partial charge on any atom is 0.417 e. The fourth-order valence-corrected chi connectivity index (χ4v) is 9.42. The van der Waals surface area contributed by atoms with Crippen molar-refractivity contribution in [1.29, 1.82) is 5.26 Å². The number of anilines is 2. The number of halogens is 6. The fourth-order valence-electron chi connectivity index (χ4n) is 8.47. The number of nitrogens with zero attached hydrogens (tertiary/aromatic N) is 8. The summed E-state index contributed by atoms with van der Waals surface area (Å²) in [6, 6.07) is 3.68. The summed E-state index contributed by atoms with van der Waals surface area (Å²) in [5.41, 5.74) is 2.07. The lowest BCUT2D eigenvalue weighted by Gasteiger charge is -2.32. The Morgan fingerprint density at radius 2 is 1.96 bits per heavy atom. The van der Waals surface area contributed by atoms with Crippen molar-refractivity contribution in [2.45, 2.75) is 56.5 Å². The number of amides is 1. The van der Waals surface area contributed by atoms with Crippen LogP contribution >= 0.6 is 11.3 Å². The van der Waals surface area contributed by atoms with Crippen molar-refractivity contribution in [3.8, 4) is 23.2 Å². The summed E-state index contributed by atoms with van der Waals surface area (Å²) in [7, 11) is 0. The van der Waals surface area contributed by atoms with Crippen molar-refractivity contribution in [3.63, 3.8) is 0 Å². The molecule has 1 amide bonds. The van der Waals surface area contributed by atoms with Crippen molar-refractivity contribution in [2.24, 2.45) is 0 Å². The molecule has 3 aliphatic heterocycles. The SMILES string of the molecule is CCN(c1nc(OCC23CCCN2CC(F)C3)nc2c(F)c(-c3ccc(F)c4sc(N)c(C#N)c34)c(C(F)(F)F)cc12)C1CCN(C(=O)c2cncnc2)C1. The minimum Gasteiger partial charge on any atom is -0.461 e. The van der Waals surface area contributed by atoms with Gasteiger partial charge in [-0.3, -0.25) is 9.69 Å². The molecule has 11 nitrogen and oxygen atoms in total. The lowest BCUT2D eigenvalue weighted by molar-refractivity contribution is -0.137. The number of nitriles is 1. The molecule has 3 aromatic heterocycles. The van der Waals surface area contributed by atoms with Crippen LogP contribution in [0.2, 0.25) is 0 Å². The molecule has 3 atom stereocenters. The third-order valence-corrected chi connectivity index (χ3v) is 12.0. The highest BCUT2D eigenvalue weighted by Gasteiger charge is 2.49. The quantitative estimate of drug-likeness (QED) is 0.169. The van der Waals surface area contributed by atoms with Crippen molar-refractivity contribution < 1.29 is 35.9 Å². The third-order valence-electron chi connectivity index (χ3n) is 10.9. The molecule has 2 aromatic carbocycles. The van der Waals surface area contributed by atoms with Gasteiger partial charge in [0.2, 0.25) is 0 Å². The van der Waals surface area contributed by atoms with Crippen LogP contribution in [-0.4, -0.2) is 92.7 Å². The van der Waals surface area contributed by atoms with Gasteiger partial charge in [-0.2, -0.15) is 28.4 Å².